The Bertz CT molecular complexity index is 863. The van der Waals surface area contributed by atoms with Crippen LogP contribution < -0.4 is 0 Å². The number of unbranched alkanes of at least 4 members (excludes halogenated alkanes) is 3. The van der Waals surface area contributed by atoms with Gasteiger partial charge in [-0.2, -0.15) is 0 Å². The maximum absolute atomic E-state index is 13.9. The van der Waals surface area contributed by atoms with Crippen molar-refractivity contribution in [3.05, 3.63) is 58.9 Å². The third kappa shape index (κ3) is 5.05. The quantitative estimate of drug-likeness (QED) is 0.352. The molecule has 0 spiro atoms. The van der Waals surface area contributed by atoms with E-state index < -0.39 is 23.4 Å². The van der Waals surface area contributed by atoms with Crippen LogP contribution in [0.5, 0.6) is 0 Å². The number of benzene rings is 2. The summed E-state index contributed by atoms with van der Waals surface area (Å²) in [5, 5.41) is 9.73. The maximum atomic E-state index is 13.9. The number of hydrogen-bond donors (Lipinski definition) is 1. The van der Waals surface area contributed by atoms with Crippen LogP contribution in [0.1, 0.15) is 86.6 Å². The van der Waals surface area contributed by atoms with Crippen LogP contribution in [0, 0.1) is 23.4 Å². The van der Waals surface area contributed by atoms with Gasteiger partial charge in [-0.15, -0.1) is 0 Å². The van der Waals surface area contributed by atoms with Crippen molar-refractivity contribution in [1.29, 1.82) is 0 Å². The molecular weight excluding hydrogens is 389 g/mol. The molecule has 5 heteroatoms. The average Bonchev–Trinajstić information content (AvgIpc) is 2.74. The monoisotopic (exact) mass is 418 g/mol. The summed E-state index contributed by atoms with van der Waals surface area (Å²) >= 11 is 0. The Morgan fingerprint density at radius 1 is 1.00 bits per heavy atom. The molecular formula is C25H29F3O2. The lowest BCUT2D eigenvalue weighted by molar-refractivity contribution is 0.0694. The van der Waals surface area contributed by atoms with E-state index in [2.05, 4.69) is 6.92 Å². The van der Waals surface area contributed by atoms with Crippen LogP contribution in [-0.4, -0.2) is 11.1 Å². The van der Waals surface area contributed by atoms with Gasteiger partial charge < -0.3 is 5.11 Å². The fourth-order valence-corrected chi connectivity index (χ4v) is 4.75. The Kier molecular flexibility index (Phi) is 7.57. The van der Waals surface area contributed by atoms with Crippen molar-refractivity contribution in [1.82, 2.24) is 0 Å². The molecule has 2 nitrogen and oxygen atoms in total. The van der Waals surface area contributed by atoms with E-state index in [1.54, 1.807) is 12.1 Å². The van der Waals surface area contributed by atoms with Crippen molar-refractivity contribution in [3.8, 4) is 11.1 Å². The zero-order valence-electron chi connectivity index (χ0n) is 17.4. The predicted octanol–water partition coefficient (Wildman–Crippen LogP) is 7.71. The van der Waals surface area contributed by atoms with E-state index in [4.69, 9.17) is 0 Å². The first-order valence-electron chi connectivity index (χ1n) is 10.9. The number of carboxylic acids is 1. The van der Waals surface area contributed by atoms with Gasteiger partial charge >= 0.3 is 5.97 Å². The van der Waals surface area contributed by atoms with Crippen molar-refractivity contribution in [2.45, 2.75) is 70.6 Å². The first kappa shape index (κ1) is 22.4. The second kappa shape index (κ2) is 10.1. The van der Waals surface area contributed by atoms with Gasteiger partial charge in [0.15, 0.2) is 17.5 Å². The molecule has 2 aromatic carbocycles. The molecule has 0 amide bonds. The van der Waals surface area contributed by atoms with Gasteiger partial charge in [0.2, 0.25) is 0 Å². The summed E-state index contributed by atoms with van der Waals surface area (Å²) in [4.78, 5) is 11.9. The van der Waals surface area contributed by atoms with Gasteiger partial charge in [-0.25, -0.2) is 18.0 Å². The van der Waals surface area contributed by atoms with Crippen LogP contribution in [0.15, 0.2) is 30.3 Å². The van der Waals surface area contributed by atoms with E-state index >= 15 is 0 Å². The summed E-state index contributed by atoms with van der Waals surface area (Å²) in [6.07, 6.45) is 9.91. The Morgan fingerprint density at radius 3 is 2.27 bits per heavy atom. The highest BCUT2D eigenvalue weighted by molar-refractivity contribution is 5.92. The third-order valence-electron chi connectivity index (χ3n) is 6.35. The second-order valence-electron chi connectivity index (χ2n) is 8.39. The van der Waals surface area contributed by atoms with Crippen molar-refractivity contribution >= 4 is 5.97 Å². The summed E-state index contributed by atoms with van der Waals surface area (Å²) in [5.41, 5.74) is 1.41. The van der Waals surface area contributed by atoms with Gasteiger partial charge in [-0.05, 0) is 72.4 Å². The summed E-state index contributed by atoms with van der Waals surface area (Å²) in [6, 6.07) is 6.67. The summed E-state index contributed by atoms with van der Waals surface area (Å²) in [6.45, 7) is 2.20. The van der Waals surface area contributed by atoms with Gasteiger partial charge in [0.05, 0.1) is 5.56 Å². The highest BCUT2D eigenvalue weighted by Crippen LogP contribution is 2.43. The third-order valence-corrected chi connectivity index (χ3v) is 6.35. The predicted molar refractivity (Wildman–Crippen MR) is 112 cm³/mol. The largest absolute Gasteiger partial charge is 0.478 e. The number of rotatable bonds is 8. The lowest BCUT2D eigenvalue weighted by atomic mass is 9.74. The standard InChI is InChI=1S/C25H29F3O2/c1-2-3-4-5-7-16-10-12-17(13-11-16)23-19(8-6-9-20(23)25(29)30)18-14-21(26)24(28)22(27)15-18/h6,8-9,14-17H,2-5,7,10-13H2,1H3,(H,29,30)/t16-,17-. The number of hydrogen-bond acceptors (Lipinski definition) is 1. The molecule has 1 N–H and O–H groups in total. The minimum absolute atomic E-state index is 0.00960. The minimum Gasteiger partial charge on any atom is -0.478 e. The fourth-order valence-electron chi connectivity index (χ4n) is 4.75. The molecule has 0 bridgehead atoms. The van der Waals surface area contributed by atoms with Crippen molar-refractivity contribution in [3.63, 3.8) is 0 Å². The first-order valence-corrected chi connectivity index (χ1v) is 10.9. The molecule has 0 atom stereocenters. The second-order valence-corrected chi connectivity index (χ2v) is 8.39. The van der Waals surface area contributed by atoms with Crippen LogP contribution >= 0.6 is 0 Å². The molecule has 1 aliphatic rings. The molecule has 0 unspecified atom stereocenters. The number of halogens is 3. The molecule has 0 aromatic heterocycles. The highest BCUT2D eigenvalue weighted by Gasteiger charge is 2.28. The molecule has 162 valence electrons. The molecule has 1 fully saturated rings. The Labute approximate surface area is 176 Å². The van der Waals surface area contributed by atoms with Crippen LogP contribution in [-0.2, 0) is 0 Å². The normalized spacial score (nSPS) is 19.1. The van der Waals surface area contributed by atoms with Gasteiger partial charge in [0.1, 0.15) is 0 Å². The molecule has 0 heterocycles. The first-order chi connectivity index (χ1) is 14.4. The van der Waals surface area contributed by atoms with Crippen LogP contribution in [0.2, 0.25) is 0 Å². The number of aromatic carboxylic acids is 1. The Hall–Kier alpha value is -2.30. The molecule has 0 aliphatic heterocycles. The van der Waals surface area contributed by atoms with E-state index in [0.717, 1.165) is 37.8 Å². The van der Waals surface area contributed by atoms with Gasteiger partial charge in [0, 0.05) is 0 Å². The Balaban J connectivity index is 1.87. The fraction of sp³-hybridized carbons (Fsp3) is 0.480. The van der Waals surface area contributed by atoms with Gasteiger partial charge in [0.25, 0.3) is 0 Å². The van der Waals surface area contributed by atoms with Crippen LogP contribution in [0.4, 0.5) is 13.2 Å². The van der Waals surface area contributed by atoms with Crippen molar-refractivity contribution in [2.75, 3.05) is 0 Å². The average molecular weight is 418 g/mol. The summed E-state index contributed by atoms with van der Waals surface area (Å²) in [5.74, 6) is -4.45. The molecule has 1 saturated carbocycles. The van der Waals surface area contributed by atoms with Crippen molar-refractivity contribution < 1.29 is 23.1 Å². The molecule has 1 aliphatic carbocycles. The molecule has 3 rings (SSSR count). The zero-order chi connectivity index (χ0) is 21.7. The summed E-state index contributed by atoms with van der Waals surface area (Å²) in [7, 11) is 0. The smallest absolute Gasteiger partial charge is 0.335 e. The van der Waals surface area contributed by atoms with Gasteiger partial charge in [-0.1, -0.05) is 51.2 Å². The van der Waals surface area contributed by atoms with E-state index in [0.29, 0.717) is 17.0 Å². The summed E-state index contributed by atoms with van der Waals surface area (Å²) < 4.78 is 41.1. The van der Waals surface area contributed by atoms with E-state index in [1.165, 1.54) is 38.2 Å². The van der Waals surface area contributed by atoms with Crippen LogP contribution in [0.25, 0.3) is 11.1 Å². The Morgan fingerprint density at radius 2 is 1.67 bits per heavy atom. The molecule has 0 saturated heterocycles. The molecule has 30 heavy (non-hydrogen) atoms. The number of carbonyl (C=O) groups is 1. The lowest BCUT2D eigenvalue weighted by Gasteiger charge is -2.31. The van der Waals surface area contributed by atoms with E-state index in [-0.39, 0.29) is 17.0 Å². The number of carboxylic acid groups (broad SMARTS) is 1. The highest BCUT2D eigenvalue weighted by atomic mass is 19.2. The van der Waals surface area contributed by atoms with E-state index in [1.807, 2.05) is 0 Å². The van der Waals surface area contributed by atoms with Gasteiger partial charge in [-0.3, -0.25) is 0 Å². The zero-order valence-corrected chi connectivity index (χ0v) is 17.4. The van der Waals surface area contributed by atoms with Crippen molar-refractivity contribution in [2.24, 2.45) is 5.92 Å². The topological polar surface area (TPSA) is 37.3 Å². The SMILES string of the molecule is CCCCCC[C@H]1CC[C@H](c2c(C(=O)O)cccc2-c2cc(F)c(F)c(F)c2)CC1. The van der Waals surface area contributed by atoms with E-state index in [9.17, 15) is 23.1 Å². The van der Waals surface area contributed by atoms with Crippen LogP contribution in [0.3, 0.4) is 0 Å². The molecule has 2 aromatic rings. The minimum atomic E-state index is -1.52. The molecule has 0 radical (unpaired) electrons. The maximum Gasteiger partial charge on any atom is 0.335 e. The lowest BCUT2D eigenvalue weighted by Crippen LogP contribution is -2.17.